The molecule has 0 fully saturated rings. The number of carbonyl (C=O) groups is 1. The summed E-state index contributed by atoms with van der Waals surface area (Å²) < 4.78 is 25.6. The van der Waals surface area contributed by atoms with Crippen LogP contribution in [0.25, 0.3) is 26.7 Å². The summed E-state index contributed by atoms with van der Waals surface area (Å²) >= 11 is 12.7. The highest BCUT2D eigenvalue weighted by atomic mass is 35.5. The van der Waals surface area contributed by atoms with Gasteiger partial charge in [-0.3, -0.25) is 4.79 Å². The lowest BCUT2D eigenvalue weighted by molar-refractivity contribution is 0.0949. The zero-order valence-electron chi connectivity index (χ0n) is 19.1. The van der Waals surface area contributed by atoms with Crippen molar-refractivity contribution in [3.05, 3.63) is 77.4 Å². The molecule has 8 nitrogen and oxygen atoms in total. The summed E-state index contributed by atoms with van der Waals surface area (Å²) in [5.41, 5.74) is 7.70. The topological polar surface area (TPSA) is 119 Å². The standard InChI is InChI=1S/C24H22ClN5O3S3/c1-36(32,33)16-6-4-5-15(13-16)21-9-10-22(35-21)20-14-18(23(31)27-11-12-28-24(26)34)29-30(20)19-8-3-2-7-17(19)25/h2-10,13-14H,11-12H2,1H3,(H,27,31)(H3,26,28,34). The maximum atomic E-state index is 12.8. The molecular weight excluding hydrogens is 538 g/mol. The predicted molar refractivity (Wildman–Crippen MR) is 148 cm³/mol. The Morgan fingerprint density at radius 2 is 1.78 bits per heavy atom. The van der Waals surface area contributed by atoms with Crippen molar-refractivity contribution in [1.29, 1.82) is 0 Å². The second kappa shape index (κ2) is 10.8. The van der Waals surface area contributed by atoms with Gasteiger partial charge in [0, 0.05) is 24.2 Å². The lowest BCUT2D eigenvalue weighted by atomic mass is 10.2. The van der Waals surface area contributed by atoms with Gasteiger partial charge in [-0.1, -0.05) is 35.9 Å². The molecule has 0 saturated heterocycles. The number of thiophene rings is 1. The number of amides is 1. The number of para-hydroxylation sites is 1. The fourth-order valence-corrected chi connectivity index (χ4v) is 5.43. The molecule has 0 saturated carbocycles. The van der Waals surface area contributed by atoms with Crippen molar-refractivity contribution in [2.75, 3.05) is 19.3 Å². The number of nitrogens with two attached hydrogens (primary N) is 1. The predicted octanol–water partition coefficient (Wildman–Crippen LogP) is 3.89. The van der Waals surface area contributed by atoms with Gasteiger partial charge in [-0.15, -0.1) is 11.3 Å². The van der Waals surface area contributed by atoms with Gasteiger partial charge in [-0.2, -0.15) is 5.10 Å². The molecule has 36 heavy (non-hydrogen) atoms. The fourth-order valence-electron chi connectivity index (χ4n) is 3.44. The summed E-state index contributed by atoms with van der Waals surface area (Å²) in [5.74, 6) is -0.357. The maximum Gasteiger partial charge on any atom is 0.271 e. The van der Waals surface area contributed by atoms with Gasteiger partial charge in [0.05, 0.1) is 26.2 Å². The van der Waals surface area contributed by atoms with Gasteiger partial charge < -0.3 is 16.4 Å². The number of hydrogen-bond donors (Lipinski definition) is 3. The Morgan fingerprint density at radius 1 is 1.06 bits per heavy atom. The van der Waals surface area contributed by atoms with Crippen molar-refractivity contribution in [1.82, 2.24) is 20.4 Å². The highest BCUT2D eigenvalue weighted by molar-refractivity contribution is 7.90. The van der Waals surface area contributed by atoms with Gasteiger partial charge in [-0.25, -0.2) is 13.1 Å². The number of nitrogens with one attached hydrogen (secondary N) is 2. The van der Waals surface area contributed by atoms with Gasteiger partial charge in [0.25, 0.3) is 5.91 Å². The molecule has 0 radical (unpaired) electrons. The average molecular weight is 560 g/mol. The molecule has 0 bridgehead atoms. The molecule has 0 aliphatic heterocycles. The Morgan fingerprint density at radius 3 is 2.50 bits per heavy atom. The molecule has 2 heterocycles. The number of thiocarbonyl (C=S) groups is 1. The minimum Gasteiger partial charge on any atom is -0.376 e. The van der Waals surface area contributed by atoms with Gasteiger partial charge in [0.1, 0.15) is 0 Å². The van der Waals surface area contributed by atoms with Gasteiger partial charge >= 0.3 is 0 Å². The van der Waals surface area contributed by atoms with Crippen molar-refractivity contribution in [3.8, 4) is 26.7 Å². The van der Waals surface area contributed by atoms with Crippen molar-refractivity contribution in [2.24, 2.45) is 5.73 Å². The normalized spacial score (nSPS) is 11.3. The zero-order chi connectivity index (χ0) is 25.9. The highest BCUT2D eigenvalue weighted by Crippen LogP contribution is 2.37. The van der Waals surface area contributed by atoms with E-state index in [2.05, 4.69) is 15.7 Å². The van der Waals surface area contributed by atoms with Crippen LogP contribution in [0.4, 0.5) is 0 Å². The van der Waals surface area contributed by atoms with Crippen LogP contribution in [0.2, 0.25) is 5.02 Å². The number of sulfone groups is 1. The molecule has 2 aromatic heterocycles. The van der Waals surface area contributed by atoms with Crippen molar-refractivity contribution < 1.29 is 13.2 Å². The van der Waals surface area contributed by atoms with Gasteiger partial charge in [-0.05, 0) is 60.2 Å². The van der Waals surface area contributed by atoms with Crippen LogP contribution in [0.15, 0.2) is 71.6 Å². The van der Waals surface area contributed by atoms with Crippen molar-refractivity contribution in [2.45, 2.75) is 4.90 Å². The molecule has 186 valence electrons. The first-order valence-corrected chi connectivity index (χ1v) is 14.2. The van der Waals surface area contributed by atoms with Crippen LogP contribution in [-0.2, 0) is 9.84 Å². The molecular formula is C24H22ClN5O3S3. The van der Waals surface area contributed by atoms with E-state index in [1.807, 2.05) is 36.4 Å². The van der Waals surface area contributed by atoms with Crippen molar-refractivity contribution in [3.63, 3.8) is 0 Å². The van der Waals surface area contributed by atoms with E-state index in [1.54, 1.807) is 35.0 Å². The van der Waals surface area contributed by atoms with Crippen molar-refractivity contribution >= 4 is 56.0 Å². The third kappa shape index (κ3) is 5.93. The Labute approximate surface area is 223 Å². The quantitative estimate of drug-likeness (QED) is 0.221. The number of carbonyl (C=O) groups excluding carboxylic acids is 1. The molecule has 4 rings (SSSR count). The average Bonchev–Trinajstić information content (AvgIpc) is 3.49. The number of halogens is 1. The first kappa shape index (κ1) is 25.8. The van der Waals surface area contributed by atoms with Gasteiger partial charge in [0.2, 0.25) is 0 Å². The lowest BCUT2D eigenvalue weighted by Gasteiger charge is -2.08. The van der Waals surface area contributed by atoms with E-state index < -0.39 is 9.84 Å². The Bertz CT molecular complexity index is 1550. The minimum atomic E-state index is -3.33. The lowest BCUT2D eigenvalue weighted by Crippen LogP contribution is -2.37. The van der Waals surface area contributed by atoms with Crippen LogP contribution in [0.5, 0.6) is 0 Å². The van der Waals surface area contributed by atoms with Crippen LogP contribution >= 0.6 is 35.2 Å². The maximum absolute atomic E-state index is 12.8. The van der Waals surface area contributed by atoms with Crippen LogP contribution in [0.1, 0.15) is 10.5 Å². The number of aromatic nitrogens is 2. The molecule has 12 heteroatoms. The minimum absolute atomic E-state index is 0.158. The monoisotopic (exact) mass is 559 g/mol. The summed E-state index contributed by atoms with van der Waals surface area (Å²) in [7, 11) is -3.33. The second-order valence-corrected chi connectivity index (χ2v) is 11.7. The molecule has 2 aromatic carbocycles. The Hall–Kier alpha value is -3.25. The van der Waals surface area contributed by atoms with Crippen LogP contribution in [0.3, 0.4) is 0 Å². The third-order valence-electron chi connectivity index (χ3n) is 5.14. The summed E-state index contributed by atoms with van der Waals surface area (Å²) in [6.07, 6.45) is 1.18. The number of hydrogen-bond acceptors (Lipinski definition) is 6. The van der Waals surface area contributed by atoms with E-state index in [0.29, 0.717) is 29.5 Å². The van der Waals surface area contributed by atoms with E-state index in [-0.39, 0.29) is 21.6 Å². The fraction of sp³-hybridized carbons (Fsp3) is 0.125. The summed E-state index contributed by atoms with van der Waals surface area (Å²) in [6, 6.07) is 19.5. The number of nitrogens with zero attached hydrogens (tertiary/aromatic N) is 2. The number of rotatable bonds is 8. The first-order valence-electron chi connectivity index (χ1n) is 10.7. The highest BCUT2D eigenvalue weighted by Gasteiger charge is 2.20. The van der Waals surface area contributed by atoms with E-state index >= 15 is 0 Å². The molecule has 4 aromatic rings. The molecule has 0 aliphatic rings. The first-order chi connectivity index (χ1) is 17.1. The van der Waals surface area contributed by atoms with Crippen LogP contribution in [0, 0.1) is 0 Å². The zero-order valence-corrected chi connectivity index (χ0v) is 22.3. The third-order valence-corrected chi connectivity index (χ3v) is 7.87. The van der Waals surface area contributed by atoms with E-state index in [1.165, 1.54) is 17.6 Å². The van der Waals surface area contributed by atoms with E-state index in [4.69, 9.17) is 29.6 Å². The smallest absolute Gasteiger partial charge is 0.271 e. The van der Waals surface area contributed by atoms with E-state index in [9.17, 15) is 13.2 Å². The molecule has 0 unspecified atom stereocenters. The molecule has 0 spiro atoms. The molecule has 4 N–H and O–H groups in total. The Kier molecular flexibility index (Phi) is 7.74. The SMILES string of the molecule is CS(=O)(=O)c1cccc(-c2ccc(-c3cc(C(=O)NCCNC(N)=S)nn3-c3ccccc3Cl)s2)c1. The van der Waals surface area contributed by atoms with Crippen LogP contribution in [-0.4, -0.2) is 48.6 Å². The molecule has 0 aliphatic carbocycles. The molecule has 0 atom stereocenters. The number of benzene rings is 2. The summed E-state index contributed by atoms with van der Waals surface area (Å²) in [5, 5.41) is 10.7. The second-order valence-electron chi connectivity index (χ2n) is 7.79. The Balaban J connectivity index is 1.71. The van der Waals surface area contributed by atoms with E-state index in [0.717, 1.165) is 15.3 Å². The van der Waals surface area contributed by atoms with Gasteiger partial charge in [0.15, 0.2) is 20.6 Å². The summed E-state index contributed by atoms with van der Waals surface area (Å²) in [4.78, 5) is 14.7. The molecule has 1 amide bonds. The summed E-state index contributed by atoms with van der Waals surface area (Å²) in [6.45, 7) is 0.699. The van der Waals surface area contributed by atoms with Crippen LogP contribution < -0.4 is 16.4 Å². The largest absolute Gasteiger partial charge is 0.376 e.